The molecule has 2 aromatic rings. The van der Waals surface area contributed by atoms with E-state index in [4.69, 9.17) is 4.74 Å². The predicted octanol–water partition coefficient (Wildman–Crippen LogP) is 3.55. The number of nitrogens with one attached hydrogen (secondary N) is 2. The highest BCUT2D eigenvalue weighted by atomic mass is 32.1. The molecule has 9 heteroatoms. The number of rotatable bonds is 7. The zero-order chi connectivity index (χ0) is 21.4. The number of morpholine rings is 1. The molecule has 1 aromatic carbocycles. The molecule has 2 N–H and O–H groups in total. The van der Waals surface area contributed by atoms with Crippen molar-refractivity contribution in [1.29, 1.82) is 0 Å². The van der Waals surface area contributed by atoms with Crippen molar-refractivity contribution in [3.8, 4) is 0 Å². The third-order valence-electron chi connectivity index (χ3n) is 5.04. The fraction of sp³-hybridized carbons (Fsp3) is 0.476. The number of alkyl halides is 3. The van der Waals surface area contributed by atoms with E-state index in [9.17, 15) is 13.2 Å². The molecule has 0 spiro atoms. The van der Waals surface area contributed by atoms with Crippen LogP contribution in [0, 0.1) is 0 Å². The van der Waals surface area contributed by atoms with Gasteiger partial charge in [-0.15, -0.1) is 11.3 Å². The van der Waals surface area contributed by atoms with Crippen LogP contribution in [0.1, 0.15) is 22.0 Å². The van der Waals surface area contributed by atoms with Gasteiger partial charge in [-0.05, 0) is 35.6 Å². The van der Waals surface area contributed by atoms with Crippen molar-refractivity contribution in [2.75, 3.05) is 46.4 Å². The zero-order valence-corrected chi connectivity index (χ0v) is 17.7. The molecule has 0 bridgehead atoms. The number of ether oxygens (including phenoxy) is 1. The van der Waals surface area contributed by atoms with E-state index in [0.717, 1.165) is 43.8 Å². The number of halogens is 3. The molecule has 3 rings (SSSR count). The summed E-state index contributed by atoms with van der Waals surface area (Å²) in [5.74, 6) is 0.678. The van der Waals surface area contributed by atoms with Gasteiger partial charge in [0.15, 0.2) is 5.96 Å². The van der Waals surface area contributed by atoms with Crippen LogP contribution in [0.4, 0.5) is 13.2 Å². The van der Waals surface area contributed by atoms with Crippen LogP contribution >= 0.6 is 11.3 Å². The van der Waals surface area contributed by atoms with E-state index in [0.29, 0.717) is 25.7 Å². The van der Waals surface area contributed by atoms with Gasteiger partial charge in [-0.2, -0.15) is 13.2 Å². The predicted molar refractivity (Wildman–Crippen MR) is 114 cm³/mol. The van der Waals surface area contributed by atoms with Crippen molar-refractivity contribution in [3.05, 3.63) is 57.8 Å². The largest absolute Gasteiger partial charge is 0.416 e. The van der Waals surface area contributed by atoms with Gasteiger partial charge in [0.05, 0.1) is 24.8 Å². The standard InChI is InChI=1S/C21H27F3N4OS/c1-25-20(26-9-8-18-3-2-14-30-18)27-15-19(28-10-12-29-13-11-28)16-4-6-17(7-5-16)21(22,23)24/h2-7,14,19H,8-13,15H2,1H3,(H2,25,26,27). The molecule has 164 valence electrons. The third kappa shape index (κ3) is 6.45. The maximum Gasteiger partial charge on any atom is 0.416 e. The van der Waals surface area contributed by atoms with Gasteiger partial charge >= 0.3 is 6.18 Å². The first kappa shape index (κ1) is 22.6. The molecule has 2 heterocycles. The SMILES string of the molecule is CN=C(NCCc1cccs1)NCC(c1ccc(C(F)(F)F)cc1)N1CCOCC1. The van der Waals surface area contributed by atoms with Gasteiger partial charge in [-0.1, -0.05) is 18.2 Å². The molecule has 5 nitrogen and oxygen atoms in total. The molecule has 30 heavy (non-hydrogen) atoms. The van der Waals surface area contributed by atoms with Crippen LogP contribution in [0.25, 0.3) is 0 Å². The highest BCUT2D eigenvalue weighted by Gasteiger charge is 2.31. The van der Waals surface area contributed by atoms with Crippen molar-refractivity contribution in [3.63, 3.8) is 0 Å². The van der Waals surface area contributed by atoms with Gasteiger partial charge in [0.2, 0.25) is 0 Å². The minimum atomic E-state index is -4.33. The van der Waals surface area contributed by atoms with Crippen molar-refractivity contribution in [2.45, 2.75) is 18.6 Å². The molecule has 1 saturated heterocycles. The molecule has 0 amide bonds. The van der Waals surface area contributed by atoms with Crippen LogP contribution < -0.4 is 10.6 Å². The second-order valence-electron chi connectivity index (χ2n) is 6.99. The number of thiophene rings is 1. The van der Waals surface area contributed by atoms with Gasteiger partial charge in [0.25, 0.3) is 0 Å². The third-order valence-corrected chi connectivity index (χ3v) is 5.98. The monoisotopic (exact) mass is 440 g/mol. The summed E-state index contributed by atoms with van der Waals surface area (Å²) < 4.78 is 44.2. The number of benzene rings is 1. The summed E-state index contributed by atoms with van der Waals surface area (Å²) in [6.45, 7) is 3.98. The van der Waals surface area contributed by atoms with E-state index < -0.39 is 11.7 Å². The van der Waals surface area contributed by atoms with Crippen molar-refractivity contribution < 1.29 is 17.9 Å². The van der Waals surface area contributed by atoms with E-state index in [1.807, 2.05) is 6.07 Å². The van der Waals surface area contributed by atoms with Gasteiger partial charge in [-0.3, -0.25) is 9.89 Å². The molecule has 1 unspecified atom stereocenters. The molecule has 0 saturated carbocycles. The van der Waals surface area contributed by atoms with Gasteiger partial charge in [0, 0.05) is 38.1 Å². The van der Waals surface area contributed by atoms with Gasteiger partial charge in [0.1, 0.15) is 0 Å². The Morgan fingerprint density at radius 2 is 1.90 bits per heavy atom. The molecule has 1 aliphatic rings. The lowest BCUT2D eigenvalue weighted by molar-refractivity contribution is -0.137. The Bertz CT molecular complexity index is 788. The Morgan fingerprint density at radius 3 is 2.50 bits per heavy atom. The van der Waals surface area contributed by atoms with Crippen LogP contribution in [0.2, 0.25) is 0 Å². The van der Waals surface area contributed by atoms with Crippen LogP contribution in [0.5, 0.6) is 0 Å². The maximum absolute atomic E-state index is 12.9. The van der Waals surface area contributed by atoms with E-state index in [1.54, 1.807) is 30.5 Å². The van der Waals surface area contributed by atoms with Crippen LogP contribution in [0.15, 0.2) is 46.8 Å². The molecule has 0 aliphatic carbocycles. The summed E-state index contributed by atoms with van der Waals surface area (Å²) in [7, 11) is 1.71. The first-order valence-electron chi connectivity index (χ1n) is 9.93. The summed E-state index contributed by atoms with van der Waals surface area (Å²) in [4.78, 5) is 7.80. The van der Waals surface area contributed by atoms with E-state index >= 15 is 0 Å². The molecule has 1 fully saturated rings. The van der Waals surface area contributed by atoms with Crippen LogP contribution in [-0.2, 0) is 17.3 Å². The lowest BCUT2D eigenvalue weighted by atomic mass is 10.0. The Labute approximate surface area is 179 Å². The molecule has 1 atom stereocenters. The number of hydrogen-bond acceptors (Lipinski definition) is 4. The molecule has 1 aromatic heterocycles. The fourth-order valence-corrected chi connectivity index (χ4v) is 4.12. The smallest absolute Gasteiger partial charge is 0.379 e. The Balaban J connectivity index is 1.63. The maximum atomic E-state index is 12.9. The van der Waals surface area contributed by atoms with Crippen LogP contribution in [-0.4, -0.2) is 57.3 Å². The lowest BCUT2D eigenvalue weighted by Gasteiger charge is -2.35. The zero-order valence-electron chi connectivity index (χ0n) is 16.9. The fourth-order valence-electron chi connectivity index (χ4n) is 3.41. The molecule has 0 radical (unpaired) electrons. The highest BCUT2D eigenvalue weighted by Crippen LogP contribution is 2.31. The first-order chi connectivity index (χ1) is 14.5. The normalized spacial score (nSPS) is 17.0. The molecular weight excluding hydrogens is 413 g/mol. The average molecular weight is 441 g/mol. The summed E-state index contributed by atoms with van der Waals surface area (Å²) in [6, 6.07) is 9.49. The van der Waals surface area contributed by atoms with E-state index in [-0.39, 0.29) is 6.04 Å². The van der Waals surface area contributed by atoms with Crippen molar-refractivity contribution >= 4 is 17.3 Å². The second-order valence-corrected chi connectivity index (χ2v) is 8.03. The van der Waals surface area contributed by atoms with E-state index in [1.165, 1.54) is 4.88 Å². The number of guanidine groups is 1. The lowest BCUT2D eigenvalue weighted by Crippen LogP contribution is -2.46. The Kier molecular flexibility index (Phi) is 8.12. The Hall–Kier alpha value is -2.10. The van der Waals surface area contributed by atoms with Gasteiger partial charge < -0.3 is 15.4 Å². The minimum Gasteiger partial charge on any atom is -0.379 e. The number of hydrogen-bond donors (Lipinski definition) is 2. The minimum absolute atomic E-state index is 0.0768. The summed E-state index contributed by atoms with van der Waals surface area (Å²) in [5.41, 5.74) is 0.206. The summed E-state index contributed by atoms with van der Waals surface area (Å²) in [5, 5.41) is 8.68. The molecule has 1 aliphatic heterocycles. The topological polar surface area (TPSA) is 48.9 Å². The summed E-state index contributed by atoms with van der Waals surface area (Å²) in [6.07, 6.45) is -3.43. The average Bonchev–Trinajstić information content (AvgIpc) is 3.26. The van der Waals surface area contributed by atoms with Crippen molar-refractivity contribution in [1.82, 2.24) is 15.5 Å². The quantitative estimate of drug-likeness (QED) is 0.511. The molecular formula is C21H27F3N4OS. The number of aliphatic imine (C=N–C) groups is 1. The summed E-state index contributed by atoms with van der Waals surface area (Å²) >= 11 is 1.72. The number of nitrogens with zero attached hydrogens (tertiary/aromatic N) is 2. The van der Waals surface area contributed by atoms with Gasteiger partial charge in [-0.25, -0.2) is 0 Å². The highest BCUT2D eigenvalue weighted by molar-refractivity contribution is 7.09. The second kappa shape index (κ2) is 10.8. The van der Waals surface area contributed by atoms with Crippen LogP contribution in [0.3, 0.4) is 0 Å². The Morgan fingerprint density at radius 1 is 1.17 bits per heavy atom. The van der Waals surface area contributed by atoms with E-state index in [2.05, 4.69) is 32.0 Å². The van der Waals surface area contributed by atoms with Crippen molar-refractivity contribution in [2.24, 2.45) is 4.99 Å². The first-order valence-corrected chi connectivity index (χ1v) is 10.8.